The molecule has 1 nitrogen and oxygen atoms in total. The molecule has 0 saturated heterocycles. The highest BCUT2D eigenvalue weighted by atomic mass is 19.3. The molecule has 3 rings (SSSR count). The maximum Gasteiger partial charge on any atom is 0.397 e. The molecular formula is C24H34F2O. The molecule has 0 aliphatic heterocycles. The Morgan fingerprint density at radius 2 is 1.52 bits per heavy atom. The Labute approximate surface area is 163 Å². The van der Waals surface area contributed by atoms with Crippen molar-refractivity contribution in [2.24, 2.45) is 23.7 Å². The molecule has 2 aliphatic rings. The van der Waals surface area contributed by atoms with Gasteiger partial charge in [-0.25, -0.2) is 0 Å². The summed E-state index contributed by atoms with van der Waals surface area (Å²) in [5, 5.41) is 0. The summed E-state index contributed by atoms with van der Waals surface area (Å²) >= 11 is 0. The van der Waals surface area contributed by atoms with Gasteiger partial charge < -0.3 is 4.74 Å². The molecule has 1 aromatic rings. The molecule has 0 atom stereocenters. The van der Waals surface area contributed by atoms with Crippen LogP contribution < -0.4 is 4.74 Å². The minimum atomic E-state index is -3.07. The van der Waals surface area contributed by atoms with Gasteiger partial charge in [-0.05, 0) is 87.7 Å². The molecule has 2 aliphatic carbocycles. The van der Waals surface area contributed by atoms with Gasteiger partial charge in [0.15, 0.2) is 0 Å². The zero-order valence-corrected chi connectivity index (χ0v) is 16.6. The summed E-state index contributed by atoms with van der Waals surface area (Å²) in [5.41, 5.74) is 1.04. The maximum absolute atomic E-state index is 14.2. The fourth-order valence-electron chi connectivity index (χ4n) is 5.00. The average molecular weight is 377 g/mol. The highest BCUT2D eigenvalue weighted by Crippen LogP contribution is 2.43. The second-order valence-electron chi connectivity index (χ2n) is 8.78. The van der Waals surface area contributed by atoms with Crippen LogP contribution >= 0.6 is 0 Å². The molecule has 2 fully saturated rings. The van der Waals surface area contributed by atoms with E-state index >= 15 is 0 Å². The van der Waals surface area contributed by atoms with Gasteiger partial charge in [0.05, 0.1) is 6.42 Å². The minimum Gasteiger partial charge on any atom is -0.433 e. The topological polar surface area (TPSA) is 9.23 Å². The molecule has 2 saturated carbocycles. The Morgan fingerprint density at radius 1 is 0.963 bits per heavy atom. The van der Waals surface area contributed by atoms with E-state index in [0.717, 1.165) is 30.2 Å². The van der Waals surface area contributed by atoms with E-state index in [2.05, 4.69) is 12.7 Å². The van der Waals surface area contributed by atoms with E-state index in [4.69, 9.17) is 4.74 Å². The van der Waals surface area contributed by atoms with Gasteiger partial charge in [-0.2, -0.15) is 8.78 Å². The molecule has 0 heterocycles. The van der Waals surface area contributed by atoms with Crippen LogP contribution in [-0.4, -0.2) is 6.11 Å². The minimum absolute atomic E-state index is 0.180. The first-order valence-electron chi connectivity index (χ1n) is 10.7. The second kappa shape index (κ2) is 9.21. The fourth-order valence-corrected chi connectivity index (χ4v) is 5.00. The standard InChI is InChI=1S/C24H34F2O/c1-3-19-6-10-21(11-7-19)22-12-8-20(9-13-22)16-17-24(25,26)27-23-14-4-18(2)5-15-23/h3-5,14-15,19-22H,1,6-13,16-17H2,2H3. The predicted molar refractivity (Wildman–Crippen MR) is 107 cm³/mol. The van der Waals surface area contributed by atoms with Crippen LogP contribution in [0.5, 0.6) is 5.75 Å². The number of rotatable bonds is 7. The monoisotopic (exact) mass is 376 g/mol. The van der Waals surface area contributed by atoms with Crippen molar-refractivity contribution in [1.29, 1.82) is 0 Å². The van der Waals surface area contributed by atoms with Crippen LogP contribution in [-0.2, 0) is 0 Å². The Balaban J connectivity index is 1.38. The van der Waals surface area contributed by atoms with Crippen molar-refractivity contribution in [3.63, 3.8) is 0 Å². The van der Waals surface area contributed by atoms with Crippen molar-refractivity contribution in [1.82, 2.24) is 0 Å². The summed E-state index contributed by atoms with van der Waals surface area (Å²) < 4.78 is 33.3. The third-order valence-corrected chi connectivity index (χ3v) is 6.84. The van der Waals surface area contributed by atoms with E-state index < -0.39 is 6.11 Å². The summed E-state index contributed by atoms with van der Waals surface area (Å²) in [6.45, 7) is 5.86. The number of ether oxygens (including phenoxy) is 1. The quantitative estimate of drug-likeness (QED) is 0.446. The molecule has 1 aromatic carbocycles. The number of hydrogen-bond acceptors (Lipinski definition) is 1. The molecule has 0 bridgehead atoms. The summed E-state index contributed by atoms with van der Waals surface area (Å²) in [6.07, 6.45) is 9.31. The van der Waals surface area contributed by atoms with Crippen LogP contribution in [0.2, 0.25) is 0 Å². The summed E-state index contributed by atoms with van der Waals surface area (Å²) in [4.78, 5) is 0. The third kappa shape index (κ3) is 6.05. The predicted octanol–water partition coefficient (Wildman–Crippen LogP) is 7.55. The second-order valence-corrected chi connectivity index (χ2v) is 8.78. The van der Waals surface area contributed by atoms with Crippen LogP contribution in [0.15, 0.2) is 36.9 Å². The lowest BCUT2D eigenvalue weighted by Crippen LogP contribution is -2.28. The van der Waals surface area contributed by atoms with Gasteiger partial charge in [-0.15, -0.1) is 6.58 Å². The largest absolute Gasteiger partial charge is 0.433 e. The summed E-state index contributed by atoms with van der Waals surface area (Å²) in [5.74, 6) is 3.07. The first kappa shape index (κ1) is 20.4. The van der Waals surface area contributed by atoms with E-state index in [9.17, 15) is 8.78 Å². The zero-order valence-electron chi connectivity index (χ0n) is 16.6. The highest BCUT2D eigenvalue weighted by molar-refractivity contribution is 5.26. The van der Waals surface area contributed by atoms with Crippen LogP contribution in [0.25, 0.3) is 0 Å². The lowest BCUT2D eigenvalue weighted by molar-refractivity contribution is -0.183. The Bertz CT molecular complexity index is 579. The van der Waals surface area contributed by atoms with Gasteiger partial charge in [-0.1, -0.05) is 36.6 Å². The van der Waals surface area contributed by atoms with E-state index in [-0.39, 0.29) is 12.2 Å². The van der Waals surface area contributed by atoms with E-state index in [1.54, 1.807) is 24.3 Å². The number of hydrogen-bond donors (Lipinski definition) is 0. The van der Waals surface area contributed by atoms with Gasteiger partial charge in [0.1, 0.15) is 5.75 Å². The highest BCUT2D eigenvalue weighted by Gasteiger charge is 2.35. The van der Waals surface area contributed by atoms with Gasteiger partial charge >= 0.3 is 6.11 Å². The number of alkyl halides is 2. The SMILES string of the molecule is C=CC1CCC(C2CCC(CCC(F)(F)Oc3ccc(C)cc3)CC2)CC1. The first-order valence-corrected chi connectivity index (χ1v) is 10.7. The van der Waals surface area contributed by atoms with Gasteiger partial charge in [0, 0.05) is 0 Å². The molecule has 0 N–H and O–H groups in total. The van der Waals surface area contributed by atoms with Crippen LogP contribution in [0, 0.1) is 30.6 Å². The van der Waals surface area contributed by atoms with Crippen LogP contribution in [0.3, 0.4) is 0 Å². The van der Waals surface area contributed by atoms with Crippen molar-refractivity contribution in [2.75, 3.05) is 0 Å². The van der Waals surface area contributed by atoms with Crippen molar-refractivity contribution in [3.8, 4) is 5.75 Å². The fraction of sp³-hybridized carbons (Fsp3) is 0.667. The van der Waals surface area contributed by atoms with Crippen molar-refractivity contribution < 1.29 is 13.5 Å². The lowest BCUT2D eigenvalue weighted by Gasteiger charge is -2.37. The van der Waals surface area contributed by atoms with Gasteiger partial charge in [0.25, 0.3) is 0 Å². The normalized spacial score (nSPS) is 29.3. The number of aryl methyl sites for hydroxylation is 1. The number of benzene rings is 1. The number of allylic oxidation sites excluding steroid dienone is 1. The van der Waals surface area contributed by atoms with Crippen LogP contribution in [0.1, 0.15) is 69.8 Å². The van der Waals surface area contributed by atoms with Crippen molar-refractivity contribution in [2.45, 2.75) is 77.2 Å². The molecule has 0 aromatic heterocycles. The first-order chi connectivity index (χ1) is 12.9. The molecule has 0 unspecified atom stereocenters. The Hall–Kier alpha value is -1.38. The molecule has 0 spiro atoms. The smallest absolute Gasteiger partial charge is 0.397 e. The van der Waals surface area contributed by atoms with E-state index in [1.807, 2.05) is 6.92 Å². The Morgan fingerprint density at radius 3 is 2.07 bits per heavy atom. The summed E-state index contributed by atoms with van der Waals surface area (Å²) in [6, 6.07) is 6.84. The molecule has 150 valence electrons. The molecule has 0 radical (unpaired) electrons. The van der Waals surface area contributed by atoms with Gasteiger partial charge in [0.2, 0.25) is 0 Å². The van der Waals surface area contributed by atoms with Gasteiger partial charge in [-0.3, -0.25) is 0 Å². The molecule has 0 amide bonds. The zero-order chi connectivity index (χ0) is 19.3. The molecule has 27 heavy (non-hydrogen) atoms. The van der Waals surface area contributed by atoms with E-state index in [0.29, 0.717) is 18.3 Å². The molecular weight excluding hydrogens is 342 g/mol. The summed E-state index contributed by atoms with van der Waals surface area (Å²) in [7, 11) is 0. The van der Waals surface area contributed by atoms with E-state index in [1.165, 1.54) is 38.5 Å². The third-order valence-electron chi connectivity index (χ3n) is 6.84. The maximum atomic E-state index is 14.2. The molecule has 3 heteroatoms. The lowest BCUT2D eigenvalue weighted by atomic mass is 9.69. The van der Waals surface area contributed by atoms with Crippen molar-refractivity contribution in [3.05, 3.63) is 42.5 Å². The Kier molecular flexibility index (Phi) is 6.94. The average Bonchev–Trinajstić information content (AvgIpc) is 2.69. The number of halogens is 2. The van der Waals surface area contributed by atoms with Crippen LogP contribution in [0.4, 0.5) is 8.78 Å². The van der Waals surface area contributed by atoms with Crippen molar-refractivity contribution >= 4 is 0 Å².